The highest BCUT2D eigenvalue weighted by Gasteiger charge is 2.20. The molecule has 0 aliphatic carbocycles. The molecule has 1 rings (SSSR count). The molecule has 0 N–H and O–H groups in total. The molecule has 6 nitrogen and oxygen atoms in total. The number of nitro groups is 1. The lowest BCUT2D eigenvalue weighted by molar-refractivity contribution is -0.385. The molecule has 1 aromatic rings. The molecule has 0 aliphatic rings. The smallest absolute Gasteiger partial charge is 0.297 e. The maximum Gasteiger partial charge on any atom is 0.297 e. The zero-order valence-corrected chi connectivity index (χ0v) is 7.34. The summed E-state index contributed by atoms with van der Waals surface area (Å²) in [5.74, 6) is 0. The summed E-state index contributed by atoms with van der Waals surface area (Å²) in [5, 5.41) is 19.2. The van der Waals surface area contributed by atoms with Crippen molar-refractivity contribution in [2.45, 2.75) is 0 Å². The normalized spacial score (nSPS) is 9.00. The number of carbonyl (C=O) groups is 2. The SMILES string of the molecule is N#Cc1cc(C=O)cc(C=O)c1[N+](=O)[O-]. The molecule has 0 spiro atoms. The van der Waals surface area contributed by atoms with E-state index in [0.29, 0.717) is 6.29 Å². The Balaban J connectivity index is 3.62. The van der Waals surface area contributed by atoms with E-state index in [1.807, 2.05) is 0 Å². The van der Waals surface area contributed by atoms with Crippen molar-refractivity contribution >= 4 is 18.3 Å². The fraction of sp³-hybridized carbons (Fsp3) is 0. The van der Waals surface area contributed by atoms with Crippen LogP contribution >= 0.6 is 0 Å². The predicted octanol–water partition coefficient (Wildman–Crippen LogP) is 1.09. The van der Waals surface area contributed by atoms with Crippen LogP contribution in [0.5, 0.6) is 0 Å². The molecule has 0 aromatic heterocycles. The Morgan fingerprint density at radius 2 is 2.00 bits per heavy atom. The number of nitriles is 1. The molecule has 0 atom stereocenters. The minimum atomic E-state index is -0.823. The van der Waals surface area contributed by atoms with Crippen LogP contribution in [0.2, 0.25) is 0 Å². The number of hydrogen-bond acceptors (Lipinski definition) is 5. The molecule has 0 bridgehead atoms. The standard InChI is InChI=1S/C9H4N2O4/c10-3-7-1-6(4-12)2-8(5-13)9(7)11(14)15/h1-2,4-5H. The summed E-state index contributed by atoms with van der Waals surface area (Å²) < 4.78 is 0. The summed E-state index contributed by atoms with van der Waals surface area (Å²) in [4.78, 5) is 30.7. The Bertz CT molecular complexity index is 488. The van der Waals surface area contributed by atoms with Gasteiger partial charge in [-0.05, 0) is 12.1 Å². The lowest BCUT2D eigenvalue weighted by atomic mass is 10.0. The third-order valence-corrected chi connectivity index (χ3v) is 1.73. The van der Waals surface area contributed by atoms with Gasteiger partial charge in [0.1, 0.15) is 17.9 Å². The van der Waals surface area contributed by atoms with Gasteiger partial charge in [0.25, 0.3) is 5.69 Å². The highest BCUT2D eigenvalue weighted by molar-refractivity contribution is 5.88. The molecule has 15 heavy (non-hydrogen) atoms. The van der Waals surface area contributed by atoms with E-state index in [4.69, 9.17) is 5.26 Å². The van der Waals surface area contributed by atoms with Crippen LogP contribution < -0.4 is 0 Å². The third-order valence-electron chi connectivity index (χ3n) is 1.73. The first-order valence-electron chi connectivity index (χ1n) is 3.77. The van der Waals surface area contributed by atoms with Gasteiger partial charge < -0.3 is 0 Å². The predicted molar refractivity (Wildman–Crippen MR) is 48.6 cm³/mol. The monoisotopic (exact) mass is 204 g/mol. The van der Waals surface area contributed by atoms with Gasteiger partial charge in [-0.25, -0.2) is 0 Å². The average Bonchev–Trinajstić information content (AvgIpc) is 2.26. The molecular weight excluding hydrogens is 200 g/mol. The van der Waals surface area contributed by atoms with Crippen LogP contribution in [-0.4, -0.2) is 17.5 Å². The maximum absolute atomic E-state index is 10.6. The van der Waals surface area contributed by atoms with Crippen molar-refractivity contribution in [2.75, 3.05) is 0 Å². The van der Waals surface area contributed by atoms with Crippen molar-refractivity contribution in [3.63, 3.8) is 0 Å². The van der Waals surface area contributed by atoms with Crippen LogP contribution in [0.15, 0.2) is 12.1 Å². The lowest BCUT2D eigenvalue weighted by Crippen LogP contribution is -1.99. The molecular formula is C9H4N2O4. The molecule has 0 amide bonds. The number of rotatable bonds is 3. The fourth-order valence-corrected chi connectivity index (χ4v) is 1.13. The second kappa shape index (κ2) is 4.11. The van der Waals surface area contributed by atoms with Crippen molar-refractivity contribution in [1.29, 1.82) is 5.26 Å². The van der Waals surface area contributed by atoms with Gasteiger partial charge >= 0.3 is 0 Å². The van der Waals surface area contributed by atoms with Crippen molar-refractivity contribution in [1.82, 2.24) is 0 Å². The van der Waals surface area contributed by atoms with Crippen LogP contribution in [0.1, 0.15) is 26.3 Å². The van der Waals surface area contributed by atoms with E-state index >= 15 is 0 Å². The van der Waals surface area contributed by atoms with Gasteiger partial charge in [-0.15, -0.1) is 0 Å². The summed E-state index contributed by atoms with van der Waals surface area (Å²) in [6.45, 7) is 0. The molecule has 6 heteroatoms. The number of nitrogens with zero attached hydrogens (tertiary/aromatic N) is 2. The van der Waals surface area contributed by atoms with Gasteiger partial charge in [0.15, 0.2) is 6.29 Å². The molecule has 0 aliphatic heterocycles. The molecule has 0 fully saturated rings. The number of benzene rings is 1. The molecule has 0 unspecified atom stereocenters. The second-order valence-corrected chi connectivity index (χ2v) is 2.61. The molecule has 74 valence electrons. The molecule has 0 radical (unpaired) electrons. The average molecular weight is 204 g/mol. The van der Waals surface area contributed by atoms with Crippen LogP contribution in [0.3, 0.4) is 0 Å². The minimum absolute atomic E-state index is 0.0549. The van der Waals surface area contributed by atoms with Gasteiger partial charge in [0.2, 0.25) is 0 Å². The van der Waals surface area contributed by atoms with Crippen LogP contribution in [0.4, 0.5) is 5.69 Å². The summed E-state index contributed by atoms with van der Waals surface area (Å²) in [6.07, 6.45) is 0.656. The van der Waals surface area contributed by atoms with E-state index in [1.165, 1.54) is 0 Å². The van der Waals surface area contributed by atoms with E-state index in [9.17, 15) is 19.7 Å². The minimum Gasteiger partial charge on any atom is -0.298 e. The quantitative estimate of drug-likeness (QED) is 0.416. The van der Waals surface area contributed by atoms with Crippen LogP contribution in [0.25, 0.3) is 0 Å². The zero-order valence-electron chi connectivity index (χ0n) is 7.34. The topological polar surface area (TPSA) is 101 Å². The number of nitro benzene ring substituents is 1. The summed E-state index contributed by atoms with van der Waals surface area (Å²) in [5.41, 5.74) is -1.09. The first kappa shape index (κ1) is 10.5. The summed E-state index contributed by atoms with van der Waals surface area (Å²) in [7, 11) is 0. The molecule has 1 aromatic carbocycles. The summed E-state index contributed by atoms with van der Waals surface area (Å²) >= 11 is 0. The fourth-order valence-electron chi connectivity index (χ4n) is 1.13. The van der Waals surface area contributed by atoms with E-state index in [2.05, 4.69) is 0 Å². The number of aldehydes is 2. The molecule has 0 saturated heterocycles. The van der Waals surface area contributed by atoms with Crippen LogP contribution in [-0.2, 0) is 0 Å². The second-order valence-electron chi connectivity index (χ2n) is 2.61. The highest BCUT2D eigenvalue weighted by Crippen LogP contribution is 2.23. The van der Waals surface area contributed by atoms with E-state index in [-0.39, 0.29) is 23.0 Å². The van der Waals surface area contributed by atoms with Crippen molar-refractivity contribution in [3.05, 3.63) is 38.9 Å². The number of carbonyl (C=O) groups excluding carboxylic acids is 2. The molecule has 0 saturated carbocycles. The molecule has 0 heterocycles. The van der Waals surface area contributed by atoms with E-state index < -0.39 is 10.6 Å². The van der Waals surface area contributed by atoms with Gasteiger partial charge in [-0.2, -0.15) is 5.26 Å². The Labute approximate surface area is 83.9 Å². The van der Waals surface area contributed by atoms with Crippen molar-refractivity contribution in [3.8, 4) is 6.07 Å². The van der Waals surface area contributed by atoms with Gasteiger partial charge in [0, 0.05) is 5.56 Å². The highest BCUT2D eigenvalue weighted by atomic mass is 16.6. The van der Waals surface area contributed by atoms with Gasteiger partial charge in [-0.3, -0.25) is 19.7 Å². The summed E-state index contributed by atoms with van der Waals surface area (Å²) in [6, 6.07) is 3.70. The number of hydrogen-bond donors (Lipinski definition) is 0. The third kappa shape index (κ3) is 1.86. The van der Waals surface area contributed by atoms with E-state index in [1.54, 1.807) is 6.07 Å². The van der Waals surface area contributed by atoms with Crippen molar-refractivity contribution in [2.24, 2.45) is 0 Å². The zero-order chi connectivity index (χ0) is 11.4. The lowest BCUT2D eigenvalue weighted by Gasteiger charge is -1.99. The Kier molecular flexibility index (Phi) is 2.88. The van der Waals surface area contributed by atoms with Crippen molar-refractivity contribution < 1.29 is 14.5 Å². The first-order valence-corrected chi connectivity index (χ1v) is 3.77. The van der Waals surface area contributed by atoms with Crippen LogP contribution in [0, 0.1) is 21.4 Å². The Morgan fingerprint density at radius 3 is 2.40 bits per heavy atom. The van der Waals surface area contributed by atoms with E-state index in [0.717, 1.165) is 12.1 Å². The maximum atomic E-state index is 10.6. The largest absolute Gasteiger partial charge is 0.298 e. The Morgan fingerprint density at radius 1 is 1.33 bits per heavy atom. The van der Waals surface area contributed by atoms with Gasteiger partial charge in [0.05, 0.1) is 10.5 Å². The van der Waals surface area contributed by atoms with Gasteiger partial charge in [-0.1, -0.05) is 0 Å². The first-order chi connectivity index (χ1) is 7.13. The Hall–Kier alpha value is -2.55.